The summed E-state index contributed by atoms with van der Waals surface area (Å²) >= 11 is 0. The van der Waals surface area contributed by atoms with Crippen LogP contribution in [0.3, 0.4) is 0 Å². The molecule has 3 amide bonds. The van der Waals surface area contributed by atoms with E-state index in [0.717, 1.165) is 63.0 Å². The number of amidine groups is 1. The van der Waals surface area contributed by atoms with Crippen molar-refractivity contribution in [2.75, 3.05) is 39.9 Å². The second-order valence-electron chi connectivity index (χ2n) is 8.56. The number of carbonyl (C=O) groups is 2. The Balaban J connectivity index is 1.36. The number of morpholine rings is 1. The van der Waals surface area contributed by atoms with Gasteiger partial charge in [-0.15, -0.1) is 0 Å². The molecule has 168 valence electrons. The van der Waals surface area contributed by atoms with E-state index in [1.54, 1.807) is 7.05 Å². The first-order valence-electron chi connectivity index (χ1n) is 11.2. The molecular formula is C23H29N6O3+. The summed E-state index contributed by atoms with van der Waals surface area (Å²) in [6, 6.07) is 8.65. The van der Waals surface area contributed by atoms with Gasteiger partial charge < -0.3 is 4.74 Å². The molecule has 0 radical (unpaired) electrons. The number of hydrogen-bond donors (Lipinski definition) is 0. The lowest BCUT2D eigenvalue weighted by molar-refractivity contribution is -0.677. The number of aryl methyl sites for hydroxylation is 1. The number of rotatable bonds is 6. The number of urea groups is 1. The lowest BCUT2D eigenvalue weighted by atomic mass is 10.1. The first kappa shape index (κ1) is 20.8. The van der Waals surface area contributed by atoms with Crippen LogP contribution in [-0.4, -0.2) is 76.9 Å². The van der Waals surface area contributed by atoms with Crippen molar-refractivity contribution in [1.29, 1.82) is 0 Å². The van der Waals surface area contributed by atoms with Gasteiger partial charge >= 0.3 is 12.0 Å². The van der Waals surface area contributed by atoms with Gasteiger partial charge in [0.15, 0.2) is 0 Å². The Kier molecular flexibility index (Phi) is 5.52. The van der Waals surface area contributed by atoms with Crippen LogP contribution in [0.25, 0.3) is 0 Å². The number of aliphatic imine (C=N–C) groups is 1. The Morgan fingerprint density at radius 1 is 1.12 bits per heavy atom. The smallest absolute Gasteiger partial charge is 0.379 e. The van der Waals surface area contributed by atoms with Gasteiger partial charge in [0.2, 0.25) is 11.9 Å². The van der Waals surface area contributed by atoms with Crippen LogP contribution in [0.2, 0.25) is 0 Å². The van der Waals surface area contributed by atoms with Gasteiger partial charge in [-0.3, -0.25) is 19.5 Å². The van der Waals surface area contributed by atoms with Crippen molar-refractivity contribution in [3.63, 3.8) is 0 Å². The lowest BCUT2D eigenvalue weighted by Gasteiger charge is -2.33. The molecule has 3 aliphatic heterocycles. The molecule has 9 heteroatoms. The zero-order valence-corrected chi connectivity index (χ0v) is 18.6. The lowest BCUT2D eigenvalue weighted by Crippen LogP contribution is -2.62. The van der Waals surface area contributed by atoms with E-state index < -0.39 is 6.04 Å². The normalized spacial score (nSPS) is 21.1. The molecule has 1 atom stereocenters. The highest BCUT2D eigenvalue weighted by molar-refractivity contribution is 6.18. The van der Waals surface area contributed by atoms with Gasteiger partial charge in [0.05, 0.1) is 26.3 Å². The van der Waals surface area contributed by atoms with Crippen LogP contribution in [0, 0.1) is 6.92 Å². The third-order valence-electron chi connectivity index (χ3n) is 6.47. The largest absolute Gasteiger partial charge is 0.401 e. The van der Waals surface area contributed by atoms with Crippen LogP contribution < -0.4 is 4.57 Å². The van der Waals surface area contributed by atoms with Crippen molar-refractivity contribution in [3.05, 3.63) is 47.8 Å². The maximum Gasteiger partial charge on any atom is 0.401 e. The van der Waals surface area contributed by atoms with E-state index in [4.69, 9.17) is 9.73 Å². The van der Waals surface area contributed by atoms with E-state index in [1.807, 2.05) is 48.0 Å². The summed E-state index contributed by atoms with van der Waals surface area (Å²) in [5, 5.41) is 0. The number of ether oxygens (including phenoxy) is 1. The van der Waals surface area contributed by atoms with Crippen LogP contribution in [0.4, 0.5) is 10.7 Å². The van der Waals surface area contributed by atoms with E-state index in [1.165, 1.54) is 9.80 Å². The maximum absolute atomic E-state index is 13.4. The second-order valence-corrected chi connectivity index (χ2v) is 8.56. The third kappa shape index (κ3) is 3.61. The number of carbonyl (C=O) groups excluding carboxylic acids is 2. The molecule has 0 spiro atoms. The van der Waals surface area contributed by atoms with Crippen molar-refractivity contribution in [1.82, 2.24) is 19.3 Å². The average molecular weight is 438 g/mol. The molecule has 4 heterocycles. The number of imidazole rings is 1. The number of amides is 3. The summed E-state index contributed by atoms with van der Waals surface area (Å²) in [6.07, 6.45) is 2.97. The zero-order valence-electron chi connectivity index (χ0n) is 18.6. The standard InChI is InChI=1S/C23H29N6O3/c1-17-15-28-19-20(24-22(28)27(17)10-6-9-26-11-13-32-14-12-26)25(2)23(31)29(21(19)30)16-18-7-4-3-5-8-18/h3-5,7-8,15,19H,6,9-14,16H2,1-2H3/q+1. The van der Waals surface area contributed by atoms with E-state index >= 15 is 0 Å². The molecule has 32 heavy (non-hydrogen) atoms. The van der Waals surface area contributed by atoms with Crippen molar-refractivity contribution >= 4 is 23.7 Å². The summed E-state index contributed by atoms with van der Waals surface area (Å²) < 4.78 is 9.50. The summed E-state index contributed by atoms with van der Waals surface area (Å²) in [7, 11) is 1.70. The molecule has 1 unspecified atom stereocenters. The first-order valence-corrected chi connectivity index (χ1v) is 11.2. The third-order valence-corrected chi connectivity index (χ3v) is 6.47. The summed E-state index contributed by atoms with van der Waals surface area (Å²) in [4.78, 5) is 36.4. The molecule has 1 aromatic carbocycles. The van der Waals surface area contributed by atoms with Gasteiger partial charge in [0.1, 0.15) is 11.9 Å². The summed E-state index contributed by atoms with van der Waals surface area (Å²) in [5.74, 6) is 1.00. The highest BCUT2D eigenvalue weighted by Crippen LogP contribution is 2.30. The number of aromatic nitrogens is 2. The van der Waals surface area contributed by atoms with Gasteiger partial charge in [0.25, 0.3) is 5.91 Å². The number of hydrogen-bond acceptors (Lipinski definition) is 5. The number of fused-ring (bicyclic) bond motifs is 3. The van der Waals surface area contributed by atoms with Crippen LogP contribution in [0.5, 0.6) is 0 Å². The summed E-state index contributed by atoms with van der Waals surface area (Å²) in [5.41, 5.74) is 1.98. The molecule has 0 saturated carbocycles. The minimum Gasteiger partial charge on any atom is -0.379 e. The number of benzene rings is 1. The quantitative estimate of drug-likeness (QED) is 0.642. The first-order chi connectivity index (χ1) is 15.5. The van der Waals surface area contributed by atoms with Crippen molar-refractivity contribution < 1.29 is 18.9 Å². The molecule has 0 bridgehead atoms. The van der Waals surface area contributed by atoms with E-state index in [2.05, 4.69) is 9.47 Å². The minimum atomic E-state index is -0.601. The van der Waals surface area contributed by atoms with Crippen LogP contribution in [-0.2, 0) is 22.6 Å². The summed E-state index contributed by atoms with van der Waals surface area (Å²) in [6.45, 7) is 7.65. The van der Waals surface area contributed by atoms with Crippen molar-refractivity contribution in [3.8, 4) is 0 Å². The Morgan fingerprint density at radius 3 is 2.62 bits per heavy atom. The monoisotopic (exact) mass is 437 g/mol. The van der Waals surface area contributed by atoms with E-state index in [0.29, 0.717) is 5.84 Å². The Morgan fingerprint density at radius 2 is 1.88 bits per heavy atom. The molecule has 1 aromatic heterocycles. The molecule has 2 saturated heterocycles. The predicted octanol–water partition coefficient (Wildman–Crippen LogP) is 1.49. The molecule has 5 rings (SSSR count). The molecule has 2 fully saturated rings. The molecule has 3 aliphatic rings. The Hall–Kier alpha value is -3.04. The van der Waals surface area contributed by atoms with Crippen molar-refractivity contribution in [2.45, 2.75) is 32.5 Å². The highest BCUT2D eigenvalue weighted by Gasteiger charge is 2.53. The van der Waals surface area contributed by atoms with Crippen LogP contribution in [0.15, 0.2) is 41.5 Å². The number of nitrogens with zero attached hydrogens (tertiary/aromatic N) is 6. The Labute approximate surface area is 187 Å². The van der Waals surface area contributed by atoms with E-state index in [-0.39, 0.29) is 18.5 Å². The fraction of sp³-hybridized carbons (Fsp3) is 0.478. The van der Waals surface area contributed by atoms with Crippen molar-refractivity contribution in [2.24, 2.45) is 4.99 Å². The second kappa shape index (κ2) is 8.48. The highest BCUT2D eigenvalue weighted by atomic mass is 16.5. The Bertz CT molecular complexity index is 1060. The molecule has 0 N–H and O–H groups in total. The van der Waals surface area contributed by atoms with Gasteiger partial charge in [-0.05, 0) is 18.9 Å². The molecular weight excluding hydrogens is 408 g/mol. The fourth-order valence-corrected chi connectivity index (χ4v) is 4.70. The van der Waals surface area contributed by atoms with E-state index in [9.17, 15) is 9.59 Å². The average Bonchev–Trinajstić information content (AvgIpc) is 3.32. The van der Waals surface area contributed by atoms with Gasteiger partial charge in [-0.25, -0.2) is 13.9 Å². The zero-order chi connectivity index (χ0) is 22.2. The molecule has 2 aromatic rings. The predicted molar refractivity (Wildman–Crippen MR) is 118 cm³/mol. The fourth-order valence-electron chi connectivity index (χ4n) is 4.70. The maximum atomic E-state index is 13.4. The minimum absolute atomic E-state index is 0.232. The van der Waals surface area contributed by atoms with Gasteiger partial charge in [0, 0.05) is 26.7 Å². The SMILES string of the molecule is Cc1c[n+]2c(n1CCCN1CCOCC1)N=C1C2C(=O)N(Cc2ccccc2)C(=O)N1C. The number of likely N-dealkylation sites (N-methyl/N-ethyl adjacent to an activating group) is 1. The van der Waals surface area contributed by atoms with Crippen LogP contribution in [0.1, 0.15) is 23.7 Å². The topological polar surface area (TPSA) is 74.3 Å². The molecule has 0 aliphatic carbocycles. The van der Waals surface area contributed by atoms with Gasteiger partial charge in [-0.1, -0.05) is 35.3 Å². The molecule has 9 nitrogen and oxygen atoms in total. The number of imide groups is 1. The van der Waals surface area contributed by atoms with Crippen LogP contribution >= 0.6 is 0 Å². The van der Waals surface area contributed by atoms with Gasteiger partial charge in [-0.2, -0.15) is 0 Å².